The van der Waals surface area contributed by atoms with Gasteiger partial charge in [-0.2, -0.15) is 0 Å². The molecule has 1 fully saturated rings. The second-order valence-corrected chi connectivity index (χ2v) is 5.18. The Bertz CT molecular complexity index is 580. The van der Waals surface area contributed by atoms with Crippen LogP contribution in [0.15, 0.2) is 18.2 Å². The highest BCUT2D eigenvalue weighted by Gasteiger charge is 2.31. The molecule has 1 aromatic carbocycles. The van der Waals surface area contributed by atoms with E-state index in [1.165, 1.54) is 9.80 Å². The minimum absolute atomic E-state index is 0.0408. The lowest BCUT2D eigenvalue weighted by Gasteiger charge is -2.30. The van der Waals surface area contributed by atoms with Crippen LogP contribution < -0.4 is 0 Å². The summed E-state index contributed by atoms with van der Waals surface area (Å²) in [7, 11) is 1.59. The van der Waals surface area contributed by atoms with Gasteiger partial charge in [-0.05, 0) is 31.0 Å². The minimum Gasteiger partial charge on any atom is -0.336 e. The average Bonchev–Trinajstić information content (AvgIpc) is 2.42. The number of benzene rings is 1. The number of carbonyl (C=O) groups is 3. The van der Waals surface area contributed by atoms with E-state index in [0.29, 0.717) is 18.7 Å². The number of hydrogen-bond acceptors (Lipinski definition) is 3. The van der Waals surface area contributed by atoms with Crippen LogP contribution >= 0.6 is 0 Å². The third-order valence-corrected chi connectivity index (χ3v) is 3.69. The molecule has 1 aliphatic heterocycles. The Morgan fingerprint density at radius 1 is 1.10 bits per heavy atom. The molecular weight excluding hydrogens is 256 g/mol. The highest BCUT2D eigenvalue weighted by molar-refractivity contribution is 6.35. The summed E-state index contributed by atoms with van der Waals surface area (Å²) in [5.74, 6) is -1.29. The second-order valence-electron chi connectivity index (χ2n) is 5.18. The fourth-order valence-electron chi connectivity index (χ4n) is 2.10. The summed E-state index contributed by atoms with van der Waals surface area (Å²) in [4.78, 5) is 38.3. The Balaban J connectivity index is 2.10. The lowest BCUT2D eigenvalue weighted by Crippen LogP contribution is -2.53. The zero-order valence-electron chi connectivity index (χ0n) is 12.0. The van der Waals surface area contributed by atoms with E-state index in [1.54, 1.807) is 13.1 Å². The number of aryl methyl sites for hydroxylation is 2. The lowest BCUT2D eigenvalue weighted by molar-refractivity contribution is -0.154. The summed E-state index contributed by atoms with van der Waals surface area (Å²) in [5, 5.41) is 0. The first-order valence-corrected chi connectivity index (χ1v) is 6.55. The van der Waals surface area contributed by atoms with Gasteiger partial charge >= 0.3 is 11.8 Å². The van der Waals surface area contributed by atoms with E-state index in [-0.39, 0.29) is 12.3 Å². The topological polar surface area (TPSA) is 57.7 Å². The molecule has 0 aromatic heterocycles. The lowest BCUT2D eigenvalue weighted by atomic mass is 10.0. The molecule has 0 bridgehead atoms. The van der Waals surface area contributed by atoms with Gasteiger partial charge in [0.15, 0.2) is 5.78 Å². The van der Waals surface area contributed by atoms with E-state index in [1.807, 2.05) is 26.0 Å². The molecular formula is C15H18N2O3. The third-order valence-electron chi connectivity index (χ3n) is 3.69. The number of Topliss-reactive ketones (excluding diaryl/α,β-unsaturated/α-hetero) is 1. The molecule has 1 aromatic rings. The van der Waals surface area contributed by atoms with Gasteiger partial charge in [0.05, 0.1) is 6.54 Å². The van der Waals surface area contributed by atoms with Gasteiger partial charge in [-0.25, -0.2) is 0 Å². The Morgan fingerprint density at radius 2 is 1.80 bits per heavy atom. The van der Waals surface area contributed by atoms with Gasteiger partial charge < -0.3 is 9.80 Å². The molecule has 2 rings (SSSR count). The van der Waals surface area contributed by atoms with Crippen molar-refractivity contribution in [3.05, 3.63) is 34.9 Å². The summed E-state index contributed by atoms with van der Waals surface area (Å²) in [6, 6.07) is 5.46. The van der Waals surface area contributed by atoms with Crippen LogP contribution in [0, 0.1) is 13.8 Å². The van der Waals surface area contributed by atoms with Gasteiger partial charge in [0.1, 0.15) is 0 Å². The van der Waals surface area contributed by atoms with Crippen LogP contribution in [-0.4, -0.2) is 54.1 Å². The summed E-state index contributed by atoms with van der Waals surface area (Å²) < 4.78 is 0. The molecule has 0 atom stereocenters. The second kappa shape index (κ2) is 5.45. The maximum atomic E-state index is 12.2. The largest absolute Gasteiger partial charge is 0.336 e. The number of hydrogen-bond donors (Lipinski definition) is 0. The maximum Gasteiger partial charge on any atom is 0.312 e. The third kappa shape index (κ3) is 2.71. The van der Waals surface area contributed by atoms with Crippen LogP contribution in [0.2, 0.25) is 0 Å². The molecule has 1 heterocycles. The molecule has 0 saturated carbocycles. The average molecular weight is 274 g/mol. The summed E-state index contributed by atoms with van der Waals surface area (Å²) >= 11 is 0. The quantitative estimate of drug-likeness (QED) is 0.605. The van der Waals surface area contributed by atoms with Gasteiger partial charge in [0.25, 0.3) is 0 Å². The van der Waals surface area contributed by atoms with E-state index < -0.39 is 11.8 Å². The predicted molar refractivity (Wildman–Crippen MR) is 74.5 cm³/mol. The van der Waals surface area contributed by atoms with Gasteiger partial charge in [-0.3, -0.25) is 14.4 Å². The van der Waals surface area contributed by atoms with Gasteiger partial charge in [0, 0.05) is 25.7 Å². The standard InChI is InChI=1S/C15H18N2O3/c1-10-4-5-12(8-11(10)2)13(18)9-17-7-6-16(3)14(19)15(17)20/h4-5,8H,6-7,9H2,1-3H3. The van der Waals surface area contributed by atoms with Crippen molar-refractivity contribution < 1.29 is 14.4 Å². The molecule has 1 saturated heterocycles. The van der Waals surface area contributed by atoms with Crippen LogP contribution in [0.1, 0.15) is 21.5 Å². The van der Waals surface area contributed by atoms with Crippen LogP contribution in [-0.2, 0) is 9.59 Å². The zero-order valence-corrected chi connectivity index (χ0v) is 12.0. The fraction of sp³-hybridized carbons (Fsp3) is 0.400. The number of amides is 2. The Hall–Kier alpha value is -2.17. The minimum atomic E-state index is -0.601. The Kier molecular flexibility index (Phi) is 3.88. The number of piperazine rings is 1. The number of ketones is 1. The highest BCUT2D eigenvalue weighted by atomic mass is 16.2. The highest BCUT2D eigenvalue weighted by Crippen LogP contribution is 2.12. The van der Waals surface area contributed by atoms with Gasteiger partial charge in [-0.1, -0.05) is 12.1 Å². The zero-order chi connectivity index (χ0) is 14.9. The molecule has 5 heteroatoms. The number of nitrogens with zero attached hydrogens (tertiary/aromatic N) is 2. The monoisotopic (exact) mass is 274 g/mol. The molecule has 2 amide bonds. The first kappa shape index (κ1) is 14.2. The molecule has 0 spiro atoms. The van der Waals surface area contributed by atoms with Crippen molar-refractivity contribution in [3.8, 4) is 0 Å². The van der Waals surface area contributed by atoms with Crippen LogP contribution in [0.3, 0.4) is 0 Å². The molecule has 5 nitrogen and oxygen atoms in total. The Morgan fingerprint density at radius 3 is 2.45 bits per heavy atom. The van der Waals surface area contributed by atoms with Crippen LogP contribution in [0.25, 0.3) is 0 Å². The Labute approximate surface area is 118 Å². The summed E-state index contributed by atoms with van der Waals surface area (Å²) in [6.45, 7) is 4.74. The van der Waals surface area contributed by atoms with E-state index in [4.69, 9.17) is 0 Å². The molecule has 106 valence electrons. The van der Waals surface area contributed by atoms with Gasteiger partial charge in [-0.15, -0.1) is 0 Å². The maximum absolute atomic E-state index is 12.2. The van der Waals surface area contributed by atoms with E-state index in [9.17, 15) is 14.4 Å². The van der Waals surface area contributed by atoms with Crippen LogP contribution in [0.5, 0.6) is 0 Å². The smallest absolute Gasteiger partial charge is 0.312 e. The predicted octanol–water partition coefficient (Wildman–Crippen LogP) is 0.787. The summed E-state index contributed by atoms with van der Waals surface area (Å²) in [5.41, 5.74) is 2.73. The molecule has 20 heavy (non-hydrogen) atoms. The van der Waals surface area contributed by atoms with Crippen molar-refractivity contribution in [2.75, 3.05) is 26.7 Å². The van der Waals surface area contributed by atoms with Crippen LogP contribution in [0.4, 0.5) is 0 Å². The molecule has 0 unspecified atom stereocenters. The van der Waals surface area contributed by atoms with Gasteiger partial charge in [0.2, 0.25) is 0 Å². The fourth-order valence-corrected chi connectivity index (χ4v) is 2.10. The number of carbonyl (C=O) groups excluding carboxylic acids is 3. The summed E-state index contributed by atoms with van der Waals surface area (Å²) in [6.07, 6.45) is 0. The van der Waals surface area contributed by atoms with Crippen molar-refractivity contribution in [1.29, 1.82) is 0 Å². The SMILES string of the molecule is Cc1ccc(C(=O)CN2CCN(C)C(=O)C2=O)cc1C. The van der Waals surface area contributed by atoms with Crippen molar-refractivity contribution in [2.45, 2.75) is 13.8 Å². The molecule has 0 radical (unpaired) electrons. The number of rotatable bonds is 3. The van der Waals surface area contributed by atoms with E-state index >= 15 is 0 Å². The van der Waals surface area contributed by atoms with Crippen molar-refractivity contribution in [1.82, 2.24) is 9.80 Å². The molecule has 0 aliphatic carbocycles. The van der Waals surface area contributed by atoms with Crippen molar-refractivity contribution >= 4 is 17.6 Å². The normalized spacial score (nSPS) is 15.8. The first-order chi connectivity index (χ1) is 9.40. The van der Waals surface area contributed by atoms with Crippen molar-refractivity contribution in [3.63, 3.8) is 0 Å². The van der Waals surface area contributed by atoms with E-state index in [2.05, 4.69) is 0 Å². The number of likely N-dealkylation sites (N-methyl/N-ethyl adjacent to an activating group) is 1. The van der Waals surface area contributed by atoms with E-state index in [0.717, 1.165) is 11.1 Å². The first-order valence-electron chi connectivity index (χ1n) is 6.55. The molecule has 0 N–H and O–H groups in total. The molecule has 1 aliphatic rings. The van der Waals surface area contributed by atoms with Crippen molar-refractivity contribution in [2.24, 2.45) is 0 Å².